The van der Waals surface area contributed by atoms with Crippen LogP contribution >= 0.6 is 0 Å². The molecule has 2 rings (SSSR count). The number of nitrogens with zero attached hydrogens (tertiary/aromatic N) is 2. The van der Waals surface area contributed by atoms with Crippen molar-refractivity contribution < 1.29 is 14.3 Å². The minimum Gasteiger partial charge on any atom is -0.480 e. The van der Waals surface area contributed by atoms with Gasteiger partial charge in [-0.25, -0.2) is 4.98 Å². The molecule has 3 N–H and O–H groups in total. The van der Waals surface area contributed by atoms with Gasteiger partial charge in [0.2, 0.25) is 11.8 Å². The van der Waals surface area contributed by atoms with Crippen molar-refractivity contribution in [2.24, 2.45) is 11.7 Å². The number of ketones is 1. The van der Waals surface area contributed by atoms with E-state index in [1.54, 1.807) is 0 Å². The predicted octanol–water partition coefficient (Wildman–Crippen LogP) is 1.08. The number of hydrogen-bond acceptors (Lipinski definition) is 6. The van der Waals surface area contributed by atoms with Gasteiger partial charge >= 0.3 is 0 Å². The van der Waals surface area contributed by atoms with Gasteiger partial charge in [0.15, 0.2) is 5.78 Å². The molecular weight excluding hydrogens is 296 g/mol. The van der Waals surface area contributed by atoms with Crippen LogP contribution in [0.1, 0.15) is 49.0 Å². The van der Waals surface area contributed by atoms with Gasteiger partial charge in [0.1, 0.15) is 5.69 Å². The SMILES string of the molecule is COc1cncc(C(=O)CC2CCC(NC(=O)CCN)CC2)n1. The van der Waals surface area contributed by atoms with Crippen LogP contribution in [0.4, 0.5) is 0 Å². The summed E-state index contributed by atoms with van der Waals surface area (Å²) in [5.41, 5.74) is 5.72. The standard InChI is InChI=1S/C16H24N4O3/c1-23-16-10-18-9-13(20-16)14(21)8-11-2-4-12(5-3-11)19-15(22)6-7-17/h9-12H,2-8,17H2,1H3,(H,19,22). The Morgan fingerprint density at radius 2 is 2.04 bits per heavy atom. The third-order valence-electron chi connectivity index (χ3n) is 4.16. The van der Waals surface area contributed by atoms with Crippen LogP contribution in [0.15, 0.2) is 12.4 Å². The van der Waals surface area contributed by atoms with Gasteiger partial charge in [0.05, 0.1) is 19.5 Å². The zero-order chi connectivity index (χ0) is 16.7. The average Bonchev–Trinajstić information content (AvgIpc) is 2.57. The summed E-state index contributed by atoms with van der Waals surface area (Å²) in [5, 5.41) is 3.00. The van der Waals surface area contributed by atoms with E-state index in [0.717, 1.165) is 25.7 Å². The highest BCUT2D eigenvalue weighted by Crippen LogP contribution is 2.28. The van der Waals surface area contributed by atoms with E-state index in [1.165, 1.54) is 19.5 Å². The van der Waals surface area contributed by atoms with Gasteiger partial charge in [-0.1, -0.05) is 0 Å². The number of hydrogen-bond donors (Lipinski definition) is 2. The summed E-state index contributed by atoms with van der Waals surface area (Å²) in [6, 6.07) is 0.206. The molecule has 0 aliphatic heterocycles. The van der Waals surface area contributed by atoms with Gasteiger partial charge in [-0.15, -0.1) is 0 Å². The molecule has 0 saturated heterocycles. The maximum Gasteiger partial charge on any atom is 0.232 e. The Balaban J connectivity index is 1.79. The monoisotopic (exact) mass is 320 g/mol. The number of ether oxygens (including phenoxy) is 1. The van der Waals surface area contributed by atoms with Crippen molar-refractivity contribution in [1.29, 1.82) is 0 Å². The lowest BCUT2D eigenvalue weighted by atomic mass is 9.83. The van der Waals surface area contributed by atoms with Crippen molar-refractivity contribution in [2.45, 2.75) is 44.6 Å². The zero-order valence-electron chi connectivity index (χ0n) is 13.5. The lowest BCUT2D eigenvalue weighted by Crippen LogP contribution is -2.38. The Hall–Kier alpha value is -2.02. The molecule has 7 heteroatoms. The van der Waals surface area contributed by atoms with Gasteiger partial charge in [0, 0.05) is 25.4 Å². The van der Waals surface area contributed by atoms with Crippen molar-refractivity contribution in [3.8, 4) is 5.88 Å². The van der Waals surface area contributed by atoms with Crippen LogP contribution in [0.2, 0.25) is 0 Å². The second-order valence-electron chi connectivity index (χ2n) is 5.90. The second-order valence-corrected chi connectivity index (χ2v) is 5.90. The Morgan fingerprint density at radius 3 is 2.70 bits per heavy atom. The van der Waals surface area contributed by atoms with Crippen LogP contribution in [0.25, 0.3) is 0 Å². The fourth-order valence-electron chi connectivity index (χ4n) is 2.89. The number of aromatic nitrogens is 2. The molecule has 1 fully saturated rings. The smallest absolute Gasteiger partial charge is 0.232 e. The van der Waals surface area contributed by atoms with Crippen molar-refractivity contribution in [3.63, 3.8) is 0 Å². The average molecular weight is 320 g/mol. The van der Waals surface area contributed by atoms with E-state index in [2.05, 4.69) is 15.3 Å². The number of rotatable bonds is 7. The van der Waals surface area contributed by atoms with Crippen LogP contribution in [-0.2, 0) is 4.79 Å². The molecule has 126 valence electrons. The van der Waals surface area contributed by atoms with Crippen molar-refractivity contribution in [3.05, 3.63) is 18.1 Å². The van der Waals surface area contributed by atoms with E-state index in [1.807, 2.05) is 0 Å². The van der Waals surface area contributed by atoms with Gasteiger partial charge in [-0.2, -0.15) is 0 Å². The first-order valence-electron chi connectivity index (χ1n) is 8.01. The minimum absolute atomic E-state index is 0.00739. The molecule has 0 spiro atoms. The molecule has 1 aliphatic carbocycles. The summed E-state index contributed by atoms with van der Waals surface area (Å²) < 4.78 is 4.99. The molecule has 0 bridgehead atoms. The van der Waals surface area contributed by atoms with Gasteiger partial charge < -0.3 is 15.8 Å². The van der Waals surface area contributed by atoms with Gasteiger partial charge in [0.25, 0.3) is 0 Å². The summed E-state index contributed by atoms with van der Waals surface area (Å²) in [5.74, 6) is 0.686. The Morgan fingerprint density at radius 1 is 1.30 bits per heavy atom. The number of nitrogens with one attached hydrogen (secondary N) is 1. The number of carbonyl (C=O) groups excluding carboxylic acids is 2. The molecule has 0 aromatic carbocycles. The van der Waals surface area contributed by atoms with Crippen LogP contribution in [0.3, 0.4) is 0 Å². The Kier molecular flexibility index (Phi) is 6.46. The summed E-state index contributed by atoms with van der Waals surface area (Å²) >= 11 is 0. The Bertz CT molecular complexity index is 542. The third-order valence-corrected chi connectivity index (χ3v) is 4.16. The molecule has 0 atom stereocenters. The van der Waals surface area contributed by atoms with Crippen LogP contribution in [-0.4, -0.2) is 41.4 Å². The van der Waals surface area contributed by atoms with Crippen LogP contribution < -0.4 is 15.8 Å². The maximum atomic E-state index is 12.3. The number of nitrogens with two attached hydrogens (primary N) is 1. The predicted molar refractivity (Wildman–Crippen MR) is 85.1 cm³/mol. The highest BCUT2D eigenvalue weighted by molar-refractivity contribution is 5.94. The number of carbonyl (C=O) groups is 2. The lowest BCUT2D eigenvalue weighted by molar-refractivity contribution is -0.121. The minimum atomic E-state index is -0.00739. The normalized spacial score (nSPS) is 20.8. The van der Waals surface area contributed by atoms with Crippen molar-refractivity contribution >= 4 is 11.7 Å². The summed E-state index contributed by atoms with van der Waals surface area (Å²) in [6.07, 6.45) is 7.44. The van der Waals surface area contributed by atoms with E-state index >= 15 is 0 Å². The zero-order valence-corrected chi connectivity index (χ0v) is 13.5. The number of methoxy groups -OCH3 is 1. The maximum absolute atomic E-state index is 12.3. The van der Waals surface area contributed by atoms with E-state index in [-0.39, 0.29) is 17.7 Å². The van der Waals surface area contributed by atoms with E-state index in [0.29, 0.717) is 36.9 Å². The molecule has 0 radical (unpaired) electrons. The highest BCUT2D eigenvalue weighted by atomic mass is 16.5. The Labute approximate surface area is 136 Å². The topological polar surface area (TPSA) is 107 Å². The molecule has 1 saturated carbocycles. The highest BCUT2D eigenvalue weighted by Gasteiger charge is 2.25. The van der Waals surface area contributed by atoms with E-state index in [4.69, 9.17) is 10.5 Å². The first-order chi connectivity index (χ1) is 11.1. The molecule has 23 heavy (non-hydrogen) atoms. The van der Waals surface area contributed by atoms with Gasteiger partial charge in [-0.05, 0) is 31.6 Å². The summed E-state index contributed by atoms with van der Waals surface area (Å²) in [4.78, 5) is 31.9. The van der Waals surface area contributed by atoms with Crippen molar-refractivity contribution in [2.75, 3.05) is 13.7 Å². The first kappa shape index (κ1) is 17.3. The molecule has 1 amide bonds. The largest absolute Gasteiger partial charge is 0.480 e. The number of Topliss-reactive ketones (excluding diaryl/α,β-unsaturated/α-hetero) is 1. The van der Waals surface area contributed by atoms with E-state index < -0.39 is 0 Å². The summed E-state index contributed by atoms with van der Waals surface area (Å²) in [7, 11) is 1.50. The quantitative estimate of drug-likeness (QED) is 0.728. The lowest BCUT2D eigenvalue weighted by Gasteiger charge is -2.28. The fourth-order valence-corrected chi connectivity index (χ4v) is 2.89. The van der Waals surface area contributed by atoms with Crippen LogP contribution in [0.5, 0.6) is 5.88 Å². The van der Waals surface area contributed by atoms with Gasteiger partial charge in [-0.3, -0.25) is 14.6 Å². The van der Waals surface area contributed by atoms with E-state index in [9.17, 15) is 9.59 Å². The molecule has 1 aromatic heterocycles. The molecule has 1 aromatic rings. The number of amides is 1. The second kappa shape index (κ2) is 8.57. The molecule has 1 aliphatic rings. The van der Waals surface area contributed by atoms with Crippen molar-refractivity contribution in [1.82, 2.24) is 15.3 Å². The molecule has 0 unspecified atom stereocenters. The fraction of sp³-hybridized carbons (Fsp3) is 0.625. The molecule has 1 heterocycles. The third kappa shape index (κ3) is 5.28. The molecule has 7 nitrogen and oxygen atoms in total. The van der Waals surface area contributed by atoms with Crippen LogP contribution in [0, 0.1) is 5.92 Å². The summed E-state index contributed by atoms with van der Waals surface area (Å²) in [6.45, 7) is 0.372. The molecular formula is C16H24N4O3. The first-order valence-corrected chi connectivity index (χ1v) is 8.01.